The summed E-state index contributed by atoms with van der Waals surface area (Å²) < 4.78 is 1.92. The topological polar surface area (TPSA) is 109 Å². The molecule has 1 saturated heterocycles. The largest absolute Gasteiger partial charge is 0.344 e. The van der Waals surface area contributed by atoms with Gasteiger partial charge in [-0.1, -0.05) is 48.2 Å². The van der Waals surface area contributed by atoms with Crippen LogP contribution in [0, 0.1) is 0 Å². The molecule has 1 aliphatic rings. The highest BCUT2D eigenvalue weighted by Gasteiger charge is 2.49. The Bertz CT molecular complexity index is 1120. The summed E-state index contributed by atoms with van der Waals surface area (Å²) in [6, 6.07) is 12.1. The standard InChI is InChI=1S/C20H20N6O3S2/c1-3-25-16(14-10-7-11-30-14)22-23-19(25)31-12-15(27)24-26-17(28)20(2,21-18(26)29)13-8-5-4-6-9-13/h4-11H,3,12H2,1-2H3,(H,21,29)(H,24,27)/t20-/m1/s1. The maximum atomic E-state index is 12.9. The Morgan fingerprint density at radius 1 is 1.19 bits per heavy atom. The van der Waals surface area contributed by atoms with Crippen LogP contribution in [0.25, 0.3) is 10.7 Å². The van der Waals surface area contributed by atoms with E-state index in [0.717, 1.165) is 15.7 Å². The number of amides is 4. The zero-order chi connectivity index (χ0) is 22.0. The number of rotatable bonds is 7. The number of imide groups is 1. The number of nitrogens with one attached hydrogen (secondary N) is 2. The van der Waals surface area contributed by atoms with Crippen LogP contribution in [0.15, 0.2) is 53.0 Å². The third-order valence-electron chi connectivity index (χ3n) is 4.89. The third kappa shape index (κ3) is 3.93. The molecule has 0 spiro atoms. The lowest BCUT2D eigenvalue weighted by Crippen LogP contribution is -2.48. The molecule has 1 aliphatic heterocycles. The van der Waals surface area contributed by atoms with Gasteiger partial charge in [0.1, 0.15) is 5.54 Å². The fourth-order valence-electron chi connectivity index (χ4n) is 3.26. The number of thiophene rings is 1. The van der Waals surface area contributed by atoms with Crippen molar-refractivity contribution in [3.63, 3.8) is 0 Å². The van der Waals surface area contributed by atoms with Crippen molar-refractivity contribution in [3.05, 3.63) is 53.4 Å². The minimum absolute atomic E-state index is 0.0261. The van der Waals surface area contributed by atoms with Crippen molar-refractivity contribution in [1.82, 2.24) is 30.5 Å². The fraction of sp³-hybridized carbons (Fsp3) is 0.250. The molecule has 0 saturated carbocycles. The first kappa shape index (κ1) is 21.1. The normalized spacial score (nSPS) is 18.3. The van der Waals surface area contributed by atoms with Gasteiger partial charge in [-0.2, -0.15) is 5.01 Å². The number of nitrogens with zero attached hydrogens (tertiary/aromatic N) is 4. The Hall–Kier alpha value is -3.18. The molecule has 2 N–H and O–H groups in total. The molecule has 0 bridgehead atoms. The van der Waals surface area contributed by atoms with Gasteiger partial charge >= 0.3 is 6.03 Å². The molecule has 11 heteroatoms. The van der Waals surface area contributed by atoms with Gasteiger partial charge in [-0.15, -0.1) is 21.5 Å². The molecule has 1 atom stereocenters. The summed E-state index contributed by atoms with van der Waals surface area (Å²) in [5.74, 6) is -0.317. The number of carbonyl (C=O) groups is 3. The van der Waals surface area contributed by atoms with Gasteiger partial charge in [0.25, 0.3) is 5.91 Å². The first-order valence-electron chi connectivity index (χ1n) is 9.55. The van der Waals surface area contributed by atoms with E-state index < -0.39 is 23.4 Å². The van der Waals surface area contributed by atoms with Crippen molar-refractivity contribution in [3.8, 4) is 10.7 Å². The van der Waals surface area contributed by atoms with Crippen molar-refractivity contribution in [1.29, 1.82) is 0 Å². The van der Waals surface area contributed by atoms with Gasteiger partial charge < -0.3 is 9.88 Å². The van der Waals surface area contributed by atoms with Crippen LogP contribution in [0.4, 0.5) is 4.79 Å². The predicted octanol–water partition coefficient (Wildman–Crippen LogP) is 2.62. The van der Waals surface area contributed by atoms with Crippen LogP contribution in [0.1, 0.15) is 19.4 Å². The average Bonchev–Trinajstić information content (AvgIpc) is 3.49. The molecule has 9 nitrogen and oxygen atoms in total. The molecular formula is C20H20N6O3S2. The van der Waals surface area contributed by atoms with Crippen molar-refractivity contribution < 1.29 is 14.4 Å². The van der Waals surface area contributed by atoms with E-state index in [1.54, 1.807) is 42.5 Å². The summed E-state index contributed by atoms with van der Waals surface area (Å²) in [7, 11) is 0. The van der Waals surface area contributed by atoms with Crippen LogP contribution >= 0.6 is 23.1 Å². The number of thioether (sulfide) groups is 1. The fourth-order valence-corrected chi connectivity index (χ4v) is 4.78. The van der Waals surface area contributed by atoms with Gasteiger partial charge in [0, 0.05) is 6.54 Å². The van der Waals surface area contributed by atoms with E-state index in [0.29, 0.717) is 17.3 Å². The van der Waals surface area contributed by atoms with Crippen LogP contribution in [0.2, 0.25) is 0 Å². The lowest BCUT2D eigenvalue weighted by molar-refractivity contribution is -0.138. The Balaban J connectivity index is 1.42. The Morgan fingerprint density at radius 2 is 1.97 bits per heavy atom. The Morgan fingerprint density at radius 3 is 2.65 bits per heavy atom. The molecule has 1 fully saturated rings. The van der Waals surface area contributed by atoms with E-state index in [-0.39, 0.29) is 5.75 Å². The molecule has 0 unspecified atom stereocenters. The number of benzene rings is 1. The molecule has 3 aromatic rings. The summed E-state index contributed by atoms with van der Waals surface area (Å²) in [5, 5.41) is 14.4. The second kappa shape index (κ2) is 8.52. The van der Waals surface area contributed by atoms with Gasteiger partial charge in [0.05, 0.1) is 10.6 Å². The minimum atomic E-state index is -1.24. The smallest absolute Gasteiger partial charge is 0.318 e. The predicted molar refractivity (Wildman–Crippen MR) is 117 cm³/mol. The van der Waals surface area contributed by atoms with E-state index in [1.165, 1.54) is 11.8 Å². The zero-order valence-electron chi connectivity index (χ0n) is 16.9. The number of carbonyl (C=O) groups excluding carboxylic acids is 3. The first-order valence-corrected chi connectivity index (χ1v) is 11.4. The zero-order valence-corrected chi connectivity index (χ0v) is 18.5. The summed E-state index contributed by atoms with van der Waals surface area (Å²) in [4.78, 5) is 38.7. The van der Waals surface area contributed by atoms with Crippen molar-refractivity contribution in [2.45, 2.75) is 31.1 Å². The van der Waals surface area contributed by atoms with Crippen molar-refractivity contribution in [2.75, 3.05) is 5.75 Å². The van der Waals surface area contributed by atoms with E-state index in [1.807, 2.05) is 35.1 Å². The van der Waals surface area contributed by atoms with E-state index in [9.17, 15) is 14.4 Å². The Kier molecular flexibility index (Phi) is 5.79. The molecule has 0 radical (unpaired) electrons. The van der Waals surface area contributed by atoms with Gasteiger partial charge in [0.15, 0.2) is 11.0 Å². The summed E-state index contributed by atoms with van der Waals surface area (Å²) in [6.45, 7) is 4.23. The van der Waals surface area contributed by atoms with Gasteiger partial charge in [-0.05, 0) is 30.9 Å². The van der Waals surface area contributed by atoms with Gasteiger partial charge in [0.2, 0.25) is 5.91 Å². The van der Waals surface area contributed by atoms with Gasteiger partial charge in [-0.3, -0.25) is 15.0 Å². The number of hydrazine groups is 1. The van der Waals surface area contributed by atoms with E-state index >= 15 is 0 Å². The highest BCUT2D eigenvalue weighted by molar-refractivity contribution is 7.99. The average molecular weight is 457 g/mol. The van der Waals surface area contributed by atoms with E-state index in [2.05, 4.69) is 20.9 Å². The quantitative estimate of drug-likeness (QED) is 0.418. The first-order chi connectivity index (χ1) is 14.9. The van der Waals surface area contributed by atoms with Gasteiger partial charge in [-0.25, -0.2) is 4.79 Å². The lowest BCUT2D eigenvalue weighted by atomic mass is 9.92. The monoisotopic (exact) mass is 456 g/mol. The lowest BCUT2D eigenvalue weighted by Gasteiger charge is -2.22. The van der Waals surface area contributed by atoms with E-state index in [4.69, 9.17) is 0 Å². The minimum Gasteiger partial charge on any atom is -0.318 e. The summed E-state index contributed by atoms with van der Waals surface area (Å²) in [5.41, 5.74) is 1.80. The number of hydrogen-bond donors (Lipinski definition) is 2. The van der Waals surface area contributed by atoms with Crippen LogP contribution < -0.4 is 10.7 Å². The van der Waals surface area contributed by atoms with Crippen LogP contribution in [-0.2, 0) is 21.7 Å². The molecule has 1 aromatic carbocycles. The third-order valence-corrected chi connectivity index (χ3v) is 6.72. The number of urea groups is 1. The second-order valence-corrected chi connectivity index (χ2v) is 8.80. The number of aromatic nitrogens is 3. The maximum Gasteiger partial charge on any atom is 0.344 e. The molecule has 0 aliphatic carbocycles. The van der Waals surface area contributed by atoms with Crippen LogP contribution in [0.3, 0.4) is 0 Å². The molecule has 2 aromatic heterocycles. The van der Waals surface area contributed by atoms with Crippen molar-refractivity contribution >= 4 is 40.9 Å². The second-order valence-electron chi connectivity index (χ2n) is 6.91. The van der Waals surface area contributed by atoms with Crippen molar-refractivity contribution in [2.24, 2.45) is 0 Å². The number of hydrogen-bond acceptors (Lipinski definition) is 7. The highest BCUT2D eigenvalue weighted by atomic mass is 32.2. The molecule has 4 rings (SSSR count). The molecule has 3 heterocycles. The van der Waals surface area contributed by atoms with Crippen LogP contribution in [0.5, 0.6) is 0 Å². The molecular weight excluding hydrogens is 436 g/mol. The SMILES string of the molecule is CCn1c(SCC(=O)NN2C(=O)N[C@](C)(c3ccccc3)C2=O)nnc1-c1cccs1. The molecule has 31 heavy (non-hydrogen) atoms. The maximum absolute atomic E-state index is 12.9. The van der Waals surface area contributed by atoms with Crippen LogP contribution in [-0.4, -0.2) is 43.4 Å². The summed E-state index contributed by atoms with van der Waals surface area (Å²) >= 11 is 2.75. The summed E-state index contributed by atoms with van der Waals surface area (Å²) in [6.07, 6.45) is 0. The molecule has 4 amide bonds. The molecule has 160 valence electrons. The highest BCUT2D eigenvalue weighted by Crippen LogP contribution is 2.29. The Labute approximate surface area is 186 Å².